The van der Waals surface area contributed by atoms with E-state index in [1.807, 2.05) is 54.6 Å². The van der Waals surface area contributed by atoms with Gasteiger partial charge in [-0.2, -0.15) is 23.5 Å². The first-order valence-corrected chi connectivity index (χ1v) is 36.2. The smallest absolute Gasteiger partial charge is 0.246 e. The summed E-state index contributed by atoms with van der Waals surface area (Å²) < 4.78 is 0. The number of rotatable bonds is 9. The molecule has 2 bridgehead atoms. The molecule has 11 N–H and O–H groups in total. The number of benzene rings is 5. The van der Waals surface area contributed by atoms with Crippen LogP contribution in [0.25, 0.3) is 10.8 Å². The number of carbonyl (C=O) groups is 11. The first-order chi connectivity index (χ1) is 47.0. The molecule has 0 unspecified atom stereocenters. The van der Waals surface area contributed by atoms with E-state index in [2.05, 4.69) is 59.2 Å². The van der Waals surface area contributed by atoms with Crippen molar-refractivity contribution >= 4 is 99.3 Å². The van der Waals surface area contributed by atoms with Gasteiger partial charge in [-0.25, -0.2) is 0 Å². The quantitative estimate of drug-likeness (QED) is 0.0973. The van der Waals surface area contributed by atoms with E-state index in [9.17, 15) is 57.8 Å². The summed E-state index contributed by atoms with van der Waals surface area (Å²) in [5.74, 6) is -6.26. The maximum absolute atomic E-state index is 14.9. The molecule has 5 aromatic carbocycles. The number of amides is 11. The van der Waals surface area contributed by atoms with E-state index in [1.165, 1.54) is 46.4 Å². The van der Waals surface area contributed by atoms with E-state index in [0.29, 0.717) is 52.7 Å². The lowest BCUT2D eigenvalue weighted by atomic mass is 9.86. The van der Waals surface area contributed by atoms with Crippen LogP contribution in [0.4, 0.5) is 0 Å². The highest BCUT2D eigenvalue weighted by Gasteiger charge is 2.44. The second-order valence-electron chi connectivity index (χ2n) is 26.9. The van der Waals surface area contributed by atoms with Crippen LogP contribution >= 0.6 is 23.5 Å². The van der Waals surface area contributed by atoms with Crippen LogP contribution in [0.2, 0.25) is 0 Å². The molecule has 25 heteroatoms. The molecule has 532 valence electrons. The van der Waals surface area contributed by atoms with Crippen molar-refractivity contribution in [2.75, 3.05) is 24.6 Å². The fourth-order valence-corrected chi connectivity index (χ4v) is 13.3. The molecule has 0 radical (unpaired) electrons. The van der Waals surface area contributed by atoms with Gasteiger partial charge in [0.1, 0.15) is 59.4 Å². The molecule has 0 aromatic heterocycles. The molecule has 0 saturated carbocycles. The van der Waals surface area contributed by atoms with Gasteiger partial charge in [0.05, 0.1) is 6.10 Å². The van der Waals surface area contributed by atoms with Crippen LogP contribution in [0.3, 0.4) is 0 Å². The predicted molar refractivity (Wildman–Crippen MR) is 384 cm³/mol. The van der Waals surface area contributed by atoms with Gasteiger partial charge >= 0.3 is 0 Å². The normalized spacial score (nSPS) is 25.3. The molecule has 10 atom stereocenters. The fraction of sp³-hybridized carbons (Fsp3) is 0.473. The highest BCUT2D eigenvalue weighted by Crippen LogP contribution is 2.25. The Kier molecular flexibility index (Phi) is 28.5. The van der Waals surface area contributed by atoms with Gasteiger partial charge in [0, 0.05) is 61.8 Å². The van der Waals surface area contributed by atoms with E-state index in [1.54, 1.807) is 118 Å². The fourth-order valence-electron chi connectivity index (χ4n) is 11.6. The van der Waals surface area contributed by atoms with E-state index >= 15 is 0 Å². The Labute approximate surface area is 588 Å². The second-order valence-corrected chi connectivity index (χ2v) is 29.1. The van der Waals surface area contributed by atoms with E-state index in [0.717, 1.165) is 21.9 Å². The second kappa shape index (κ2) is 36.3. The molecule has 0 spiro atoms. The van der Waals surface area contributed by atoms with Gasteiger partial charge in [0.2, 0.25) is 65.0 Å². The molecular weight excluding hydrogens is 1300 g/mol. The molecule has 2 heterocycles. The number of aliphatic hydroxyl groups is 1. The van der Waals surface area contributed by atoms with E-state index < -0.39 is 136 Å². The number of hydrogen-bond acceptors (Lipinski definition) is 14. The van der Waals surface area contributed by atoms with Gasteiger partial charge in [0.25, 0.3) is 0 Å². The van der Waals surface area contributed by atoms with E-state index in [-0.39, 0.29) is 44.6 Å². The zero-order chi connectivity index (χ0) is 72.1. The molecular formula is C74H97N11O12S2. The third-order valence-corrected chi connectivity index (χ3v) is 20.0. The lowest BCUT2D eigenvalue weighted by Gasteiger charge is -2.36. The van der Waals surface area contributed by atoms with Crippen molar-refractivity contribution in [3.63, 3.8) is 0 Å². The number of thioether (sulfide) groups is 2. The average Bonchev–Trinajstić information content (AvgIpc) is 1.79. The van der Waals surface area contributed by atoms with Crippen molar-refractivity contribution in [1.29, 1.82) is 0 Å². The molecule has 2 aliphatic rings. The van der Waals surface area contributed by atoms with Crippen LogP contribution in [0, 0.1) is 11.8 Å². The Morgan fingerprint density at radius 3 is 1.70 bits per heavy atom. The molecule has 99 heavy (non-hydrogen) atoms. The van der Waals surface area contributed by atoms with Crippen molar-refractivity contribution in [3.05, 3.63) is 155 Å². The summed E-state index contributed by atoms with van der Waals surface area (Å²) in [6.45, 7) is 16.0. The summed E-state index contributed by atoms with van der Waals surface area (Å²) in [5.41, 5.74) is 0.695. The summed E-state index contributed by atoms with van der Waals surface area (Å²) >= 11 is 3.17. The van der Waals surface area contributed by atoms with Gasteiger partial charge in [-0.1, -0.05) is 155 Å². The predicted octanol–water partition coefficient (Wildman–Crippen LogP) is 4.44. The first kappa shape index (κ1) is 77.5. The van der Waals surface area contributed by atoms with Crippen LogP contribution in [0.1, 0.15) is 116 Å². The first-order valence-electron chi connectivity index (χ1n) is 33.9. The molecule has 11 amide bonds. The van der Waals surface area contributed by atoms with Gasteiger partial charge in [-0.3, -0.25) is 52.7 Å². The van der Waals surface area contributed by atoms with Crippen molar-refractivity contribution in [3.8, 4) is 0 Å². The Bertz CT molecular complexity index is 3670. The molecule has 2 aliphatic heterocycles. The minimum Gasteiger partial charge on any atom is -0.391 e. The highest BCUT2D eigenvalue weighted by molar-refractivity contribution is 7.98. The third-order valence-electron chi connectivity index (χ3n) is 18.0. The summed E-state index contributed by atoms with van der Waals surface area (Å²) in [6.07, 6.45) is -1.07. The Balaban J connectivity index is 1.16. The Morgan fingerprint density at radius 2 is 1.06 bits per heavy atom. The number of carbonyl (C=O) groups excluding carboxylic acids is 11. The lowest BCUT2D eigenvalue weighted by Crippen LogP contribution is -2.66. The Morgan fingerprint density at radius 1 is 0.525 bits per heavy atom. The topological polar surface area (TPSA) is 332 Å². The summed E-state index contributed by atoms with van der Waals surface area (Å²) in [6, 6.07) is 28.5. The van der Waals surface area contributed by atoms with Gasteiger partial charge < -0.3 is 63.2 Å². The van der Waals surface area contributed by atoms with Crippen LogP contribution < -0.4 is 53.2 Å². The Hall–Kier alpha value is -8.81. The average molecular weight is 1400 g/mol. The van der Waals surface area contributed by atoms with Crippen molar-refractivity contribution < 1.29 is 57.8 Å². The van der Waals surface area contributed by atoms with Crippen molar-refractivity contribution in [1.82, 2.24) is 58.1 Å². The highest BCUT2D eigenvalue weighted by atomic mass is 32.2. The zero-order valence-electron chi connectivity index (χ0n) is 58.2. The summed E-state index contributed by atoms with van der Waals surface area (Å²) in [5, 5.41) is 40.7. The lowest BCUT2D eigenvalue weighted by molar-refractivity contribution is -0.143. The van der Waals surface area contributed by atoms with E-state index in [4.69, 9.17) is 0 Å². The molecule has 1 saturated heterocycles. The molecule has 0 aliphatic carbocycles. The maximum Gasteiger partial charge on any atom is 0.246 e. The third kappa shape index (κ3) is 22.1. The van der Waals surface area contributed by atoms with Crippen LogP contribution in [0.5, 0.6) is 0 Å². The maximum atomic E-state index is 14.9. The number of fused-ring (bicyclic) bond motifs is 4. The molecule has 7 rings (SSSR count). The van der Waals surface area contributed by atoms with Crippen LogP contribution in [-0.2, 0) is 83.5 Å². The number of hydrogen-bond donors (Lipinski definition) is 11. The monoisotopic (exact) mass is 1400 g/mol. The minimum atomic E-state index is -1.80. The van der Waals surface area contributed by atoms with Crippen LogP contribution in [-0.4, -0.2) is 165 Å². The number of aliphatic hydroxyl groups excluding tert-OH is 1. The molecule has 5 aromatic rings. The SMILES string of the molecule is CC(C)[C@@H]1NC(=O)CCSCc2cccc(c2)CSCCNC(=O)[C@H](C)NC(=O)[C@](C)(C(C)C)NC(=O)[C@H](Cc2ccccc2)NC(=O)[C@H](C)NC(=O)C(C)(C)NC(=O)[C@H](Cc2cccc3ccccc23)NC(=O)[C@H]([C@@H](C)O)NC(=O)[C@@H]2CCCN2C(=O)[C@H](Cc2ccccc2)NC1=O. The van der Waals surface area contributed by atoms with Crippen molar-refractivity contribution in [2.45, 2.75) is 185 Å². The minimum absolute atomic E-state index is 0.0311. The zero-order valence-corrected chi connectivity index (χ0v) is 59.8. The van der Waals surface area contributed by atoms with Crippen molar-refractivity contribution in [2.24, 2.45) is 11.8 Å². The largest absolute Gasteiger partial charge is 0.391 e. The summed E-state index contributed by atoms with van der Waals surface area (Å²) in [4.78, 5) is 159. The summed E-state index contributed by atoms with van der Waals surface area (Å²) in [7, 11) is 0. The number of nitrogens with one attached hydrogen (secondary N) is 10. The van der Waals surface area contributed by atoms with Crippen LogP contribution in [0.15, 0.2) is 127 Å². The number of nitrogens with zero attached hydrogens (tertiary/aromatic N) is 1. The standard InChI is InChI=1S/C74H97N11O12S2/c1-44(2)61-68(93)80-58(40-50-24-15-12-16-25-50)70(95)85-35-21-32-59(85)67(92)82-62(48(7)86)69(94)79-57(41-54-30-20-29-53-28-17-18-31-55(53)54)65(90)83-73(8,9)71(96)76-47(6)64(89)78-56(39-49-22-13-11-14-23-49)66(91)84-74(10,45(3)4)72(97)77-46(5)63(88)75-34-37-99-43-52-27-19-26-51(38-52)42-98-36-33-60(87)81-61/h11-20,22-31,38,44-48,56-59,61-62,86H,21,32-37,39-43H2,1-10H3,(H,75,88)(H,76,96)(H,77,97)(H,78,89)(H,79,94)(H,80,93)(H,81,87)(H,82,92)(H,83,90)(H,84,91)/t46-,47-,48+,56-,57-,58-,59-,61-,62-,74-/m0/s1. The van der Waals surface area contributed by atoms with Gasteiger partial charge in [0.15, 0.2) is 0 Å². The molecule has 1 fully saturated rings. The van der Waals surface area contributed by atoms with Gasteiger partial charge in [-0.15, -0.1) is 0 Å². The van der Waals surface area contributed by atoms with Gasteiger partial charge in [-0.05, 0) is 105 Å². The molecule has 23 nitrogen and oxygen atoms in total.